The van der Waals surface area contributed by atoms with Gasteiger partial charge in [0.25, 0.3) is 5.97 Å². The van der Waals surface area contributed by atoms with Crippen LogP contribution >= 0.6 is 0 Å². The van der Waals surface area contributed by atoms with E-state index in [1.165, 1.54) is 5.57 Å². The summed E-state index contributed by atoms with van der Waals surface area (Å²) in [6, 6.07) is 0. The zero-order chi connectivity index (χ0) is 14.7. The molecule has 0 aliphatic carbocycles. The second-order valence-electron chi connectivity index (χ2n) is 4.31. The predicted molar refractivity (Wildman–Crippen MR) is 72.8 cm³/mol. The molecule has 110 valence electrons. The highest BCUT2D eigenvalue weighted by atomic mass is 16.7. The number of aliphatic hydroxyl groups excluding tert-OH is 1. The maximum Gasteiger partial charge on any atom is 0.300 e. The van der Waals surface area contributed by atoms with Crippen molar-refractivity contribution in [2.75, 3.05) is 19.8 Å². The van der Waals surface area contributed by atoms with Crippen molar-refractivity contribution in [2.24, 2.45) is 0 Å². The summed E-state index contributed by atoms with van der Waals surface area (Å²) >= 11 is 0. The van der Waals surface area contributed by atoms with E-state index in [-0.39, 0.29) is 12.9 Å². The van der Waals surface area contributed by atoms with Crippen LogP contribution in [-0.2, 0) is 14.3 Å². The molecule has 1 saturated heterocycles. The van der Waals surface area contributed by atoms with Crippen LogP contribution in [-0.4, -0.2) is 42.3 Å². The number of ether oxygens (including phenoxy) is 2. The van der Waals surface area contributed by atoms with Crippen LogP contribution in [0.3, 0.4) is 0 Å². The van der Waals surface area contributed by atoms with Crippen LogP contribution in [0.1, 0.15) is 33.6 Å². The lowest BCUT2D eigenvalue weighted by Gasteiger charge is -2.09. The highest BCUT2D eigenvalue weighted by molar-refractivity contribution is 5.62. The van der Waals surface area contributed by atoms with Gasteiger partial charge in [0.05, 0.1) is 19.8 Å². The molecule has 2 N–H and O–H groups in total. The van der Waals surface area contributed by atoms with Gasteiger partial charge in [0, 0.05) is 6.92 Å². The number of carboxylic acids is 1. The maximum absolute atomic E-state index is 9.00. The van der Waals surface area contributed by atoms with Gasteiger partial charge in [-0.05, 0) is 32.3 Å². The summed E-state index contributed by atoms with van der Waals surface area (Å²) in [6.45, 7) is 6.66. The van der Waals surface area contributed by atoms with E-state index in [0.29, 0.717) is 13.2 Å². The van der Waals surface area contributed by atoms with Crippen molar-refractivity contribution in [1.29, 1.82) is 0 Å². The first-order valence-electron chi connectivity index (χ1n) is 6.33. The van der Waals surface area contributed by atoms with Gasteiger partial charge < -0.3 is 19.7 Å². The first-order chi connectivity index (χ1) is 8.97. The molecule has 0 aromatic heterocycles. The van der Waals surface area contributed by atoms with E-state index < -0.39 is 5.97 Å². The molecular weight excluding hydrogens is 248 g/mol. The van der Waals surface area contributed by atoms with E-state index in [1.807, 2.05) is 19.9 Å². The summed E-state index contributed by atoms with van der Waals surface area (Å²) in [6.07, 6.45) is 5.80. The van der Waals surface area contributed by atoms with Gasteiger partial charge in [0.2, 0.25) is 0 Å². The van der Waals surface area contributed by atoms with Crippen LogP contribution in [0.5, 0.6) is 0 Å². The Morgan fingerprint density at radius 1 is 1.21 bits per heavy atom. The van der Waals surface area contributed by atoms with Gasteiger partial charge in [-0.2, -0.15) is 0 Å². The largest absolute Gasteiger partial charge is 0.481 e. The van der Waals surface area contributed by atoms with Gasteiger partial charge >= 0.3 is 0 Å². The molecule has 0 spiro atoms. The van der Waals surface area contributed by atoms with E-state index in [2.05, 4.69) is 6.08 Å². The summed E-state index contributed by atoms with van der Waals surface area (Å²) in [5.41, 5.74) is 2.36. The zero-order valence-electron chi connectivity index (χ0n) is 11.9. The molecule has 5 heteroatoms. The Balaban J connectivity index is 0.000000711. The van der Waals surface area contributed by atoms with Crippen molar-refractivity contribution in [3.63, 3.8) is 0 Å². The molecule has 19 heavy (non-hydrogen) atoms. The molecule has 5 nitrogen and oxygen atoms in total. The number of aliphatic hydroxyl groups is 1. The molecule has 1 aliphatic rings. The molecule has 1 heterocycles. The first kappa shape index (κ1) is 17.8. The van der Waals surface area contributed by atoms with Crippen LogP contribution in [0.15, 0.2) is 23.3 Å². The lowest BCUT2D eigenvalue weighted by atomic mass is 10.1. The Kier molecular flexibility index (Phi) is 10.1. The third-order valence-corrected chi connectivity index (χ3v) is 2.44. The number of hydrogen-bond donors (Lipinski definition) is 2. The summed E-state index contributed by atoms with van der Waals surface area (Å²) in [5.74, 6) is -0.833. The third kappa shape index (κ3) is 10.4. The zero-order valence-corrected chi connectivity index (χ0v) is 11.9. The molecule has 0 aromatic carbocycles. The number of aliphatic carboxylic acids is 1. The fraction of sp³-hybridized carbons (Fsp3) is 0.643. The van der Waals surface area contributed by atoms with Crippen molar-refractivity contribution >= 4 is 5.97 Å². The van der Waals surface area contributed by atoms with Crippen LogP contribution in [0.2, 0.25) is 0 Å². The van der Waals surface area contributed by atoms with Crippen LogP contribution in [0.25, 0.3) is 0 Å². The average Bonchev–Trinajstić information content (AvgIpc) is 2.81. The Morgan fingerprint density at radius 3 is 2.21 bits per heavy atom. The number of rotatable bonds is 5. The van der Waals surface area contributed by atoms with Gasteiger partial charge in [-0.3, -0.25) is 4.79 Å². The standard InChI is InChI=1S/C12H20O3.C2H4O2/c1-10(6-7-13)4-3-5-11(2)12-14-8-9-15-12;1-2(3)4/h5-6,12-13H,3-4,7-9H2,1-2H3;1H3,(H,3,4). The Bertz CT molecular complexity index is 310. The minimum Gasteiger partial charge on any atom is -0.481 e. The molecule has 0 unspecified atom stereocenters. The monoisotopic (exact) mass is 272 g/mol. The van der Waals surface area contributed by atoms with Crippen molar-refractivity contribution < 1.29 is 24.5 Å². The summed E-state index contributed by atoms with van der Waals surface area (Å²) in [7, 11) is 0. The molecule has 0 radical (unpaired) electrons. The van der Waals surface area contributed by atoms with E-state index in [1.54, 1.807) is 0 Å². The van der Waals surface area contributed by atoms with Crippen LogP contribution < -0.4 is 0 Å². The van der Waals surface area contributed by atoms with E-state index in [9.17, 15) is 0 Å². The Labute approximate surface area is 114 Å². The van der Waals surface area contributed by atoms with Crippen molar-refractivity contribution in [3.8, 4) is 0 Å². The summed E-state index contributed by atoms with van der Waals surface area (Å²) in [4.78, 5) is 9.00. The van der Waals surface area contributed by atoms with Gasteiger partial charge in [-0.15, -0.1) is 0 Å². The summed E-state index contributed by atoms with van der Waals surface area (Å²) < 4.78 is 10.7. The third-order valence-electron chi connectivity index (χ3n) is 2.44. The highest BCUT2D eigenvalue weighted by Gasteiger charge is 2.16. The molecular formula is C14H24O5. The van der Waals surface area contributed by atoms with Gasteiger partial charge in [0.1, 0.15) is 0 Å². The molecule has 1 rings (SSSR count). The van der Waals surface area contributed by atoms with Gasteiger partial charge in [0.15, 0.2) is 6.29 Å². The van der Waals surface area contributed by atoms with Gasteiger partial charge in [-0.25, -0.2) is 0 Å². The fourth-order valence-corrected chi connectivity index (χ4v) is 1.50. The predicted octanol–water partition coefficient (Wildman–Crippen LogP) is 2.12. The smallest absolute Gasteiger partial charge is 0.300 e. The fourth-order valence-electron chi connectivity index (χ4n) is 1.50. The number of carboxylic acid groups (broad SMARTS) is 1. The number of allylic oxidation sites excluding steroid dienone is 2. The van der Waals surface area contributed by atoms with E-state index in [0.717, 1.165) is 25.3 Å². The molecule has 0 amide bonds. The van der Waals surface area contributed by atoms with Crippen LogP contribution in [0.4, 0.5) is 0 Å². The van der Waals surface area contributed by atoms with Crippen molar-refractivity contribution in [3.05, 3.63) is 23.3 Å². The molecule has 0 atom stereocenters. The normalized spacial score (nSPS) is 17.1. The lowest BCUT2D eigenvalue weighted by Crippen LogP contribution is -2.08. The lowest BCUT2D eigenvalue weighted by molar-refractivity contribution is -0.134. The van der Waals surface area contributed by atoms with Crippen LogP contribution in [0, 0.1) is 0 Å². The minimum absolute atomic E-state index is 0.128. The highest BCUT2D eigenvalue weighted by Crippen LogP contribution is 2.15. The van der Waals surface area contributed by atoms with Crippen molar-refractivity contribution in [1.82, 2.24) is 0 Å². The van der Waals surface area contributed by atoms with E-state index >= 15 is 0 Å². The number of carbonyl (C=O) groups is 1. The second kappa shape index (κ2) is 10.7. The Morgan fingerprint density at radius 2 is 1.74 bits per heavy atom. The van der Waals surface area contributed by atoms with Gasteiger partial charge in [-0.1, -0.05) is 17.7 Å². The number of hydrogen-bond acceptors (Lipinski definition) is 4. The molecule has 0 saturated carbocycles. The molecule has 0 aromatic rings. The maximum atomic E-state index is 9.00. The molecule has 1 fully saturated rings. The SMILES string of the molecule is CC(=CCO)CCC=C(C)C1OCCO1.CC(=O)O. The molecule has 1 aliphatic heterocycles. The second-order valence-corrected chi connectivity index (χ2v) is 4.31. The average molecular weight is 272 g/mol. The minimum atomic E-state index is -0.833. The Hall–Kier alpha value is -1.17. The van der Waals surface area contributed by atoms with Crippen molar-refractivity contribution in [2.45, 2.75) is 39.9 Å². The molecule has 0 bridgehead atoms. The topological polar surface area (TPSA) is 76.0 Å². The first-order valence-corrected chi connectivity index (χ1v) is 6.33. The van der Waals surface area contributed by atoms with E-state index in [4.69, 9.17) is 24.5 Å². The summed E-state index contributed by atoms with van der Waals surface area (Å²) in [5, 5.41) is 16.1. The quantitative estimate of drug-likeness (QED) is 0.750.